The molecule has 0 unspecified atom stereocenters. The summed E-state index contributed by atoms with van der Waals surface area (Å²) in [6.07, 6.45) is 1.78. The first-order chi connectivity index (χ1) is 19.3. The Morgan fingerprint density at radius 3 is 2.67 bits per heavy atom. The summed E-state index contributed by atoms with van der Waals surface area (Å²) in [6.45, 7) is 3.98. The minimum absolute atomic E-state index is 0.228. The monoisotopic (exact) mass is 614 g/mol. The first kappa shape index (κ1) is 28.2. The molecule has 0 radical (unpaired) electrons. The fourth-order valence-electron chi connectivity index (χ4n) is 4.35. The van der Waals surface area contributed by atoms with Gasteiger partial charge in [-0.3, -0.25) is 9.36 Å². The van der Waals surface area contributed by atoms with E-state index in [1.807, 2.05) is 29.6 Å². The third-order valence-corrected chi connectivity index (χ3v) is 8.71. The van der Waals surface area contributed by atoms with Crippen molar-refractivity contribution >= 4 is 57.9 Å². The molecule has 1 aliphatic heterocycles. The van der Waals surface area contributed by atoms with Crippen molar-refractivity contribution in [1.82, 2.24) is 4.57 Å². The fourth-order valence-corrected chi connectivity index (χ4v) is 6.68. The minimum atomic E-state index is -0.609. The number of carbonyl (C=O) groups is 1. The van der Waals surface area contributed by atoms with Crippen LogP contribution in [0.25, 0.3) is 6.08 Å². The number of thiophene rings is 1. The average Bonchev–Trinajstić information content (AvgIpc) is 3.56. The van der Waals surface area contributed by atoms with Crippen LogP contribution >= 0.6 is 45.9 Å². The average molecular weight is 616 g/mol. The number of hydrogen-bond acceptors (Lipinski definition) is 8. The van der Waals surface area contributed by atoms with Gasteiger partial charge in [0, 0.05) is 20.5 Å². The van der Waals surface area contributed by atoms with Gasteiger partial charge < -0.3 is 14.2 Å². The van der Waals surface area contributed by atoms with E-state index in [4.69, 9.17) is 37.4 Å². The predicted molar refractivity (Wildman–Crippen MR) is 159 cm³/mol. The number of aromatic nitrogens is 1. The van der Waals surface area contributed by atoms with Crippen LogP contribution in [-0.2, 0) is 16.1 Å². The Labute approximate surface area is 248 Å². The summed E-state index contributed by atoms with van der Waals surface area (Å²) in [6, 6.07) is 13.8. The van der Waals surface area contributed by atoms with Crippen molar-refractivity contribution in [1.29, 1.82) is 0 Å². The summed E-state index contributed by atoms with van der Waals surface area (Å²) < 4.78 is 18.9. The number of hydrogen-bond donors (Lipinski definition) is 0. The molecule has 1 aliphatic rings. The normalized spacial score (nSPS) is 15.0. The third-order valence-electron chi connectivity index (χ3n) is 6.21. The molecular formula is C29H24Cl2N2O5S2. The number of methoxy groups -OCH3 is 1. The van der Waals surface area contributed by atoms with E-state index in [-0.39, 0.29) is 18.8 Å². The molecule has 0 fully saturated rings. The smallest absolute Gasteiger partial charge is 0.338 e. The van der Waals surface area contributed by atoms with Gasteiger partial charge in [-0.15, -0.1) is 11.3 Å². The summed E-state index contributed by atoms with van der Waals surface area (Å²) in [5.74, 6) is 0.555. The Morgan fingerprint density at radius 1 is 1.15 bits per heavy atom. The lowest BCUT2D eigenvalue weighted by atomic mass is 10.0. The Kier molecular flexibility index (Phi) is 8.46. The standard InChI is InChI=1S/C29H24Cl2N2O5S2/c1-4-37-28(35)25-16(2)32-29-33(26(25)23-6-5-11-39-23)27(34)24(40-29)13-17-7-10-21(22(12-17)36-3)38-15-18-8-9-19(30)14-20(18)31/h5-14,26H,4,15H2,1-3H3/b24-13-/t26-/m0/s1. The van der Waals surface area contributed by atoms with Crippen molar-refractivity contribution in [2.45, 2.75) is 26.5 Å². The van der Waals surface area contributed by atoms with Gasteiger partial charge in [-0.1, -0.05) is 52.7 Å². The maximum Gasteiger partial charge on any atom is 0.338 e. The molecule has 0 aliphatic carbocycles. The molecule has 40 heavy (non-hydrogen) atoms. The quantitative estimate of drug-likeness (QED) is 0.236. The molecule has 0 N–H and O–H groups in total. The number of benzene rings is 2. The summed E-state index contributed by atoms with van der Waals surface area (Å²) >= 11 is 15.0. The van der Waals surface area contributed by atoms with Crippen LogP contribution < -0.4 is 24.4 Å². The zero-order valence-electron chi connectivity index (χ0n) is 21.8. The van der Waals surface area contributed by atoms with E-state index < -0.39 is 12.0 Å². The highest BCUT2D eigenvalue weighted by Crippen LogP contribution is 2.33. The molecule has 0 amide bonds. The molecule has 0 bridgehead atoms. The first-order valence-corrected chi connectivity index (χ1v) is 14.7. The number of carbonyl (C=O) groups excluding carboxylic acids is 1. The molecule has 0 saturated carbocycles. The first-order valence-electron chi connectivity index (χ1n) is 12.3. The van der Waals surface area contributed by atoms with Gasteiger partial charge in [-0.05, 0) is 61.2 Å². The third kappa shape index (κ3) is 5.60. The van der Waals surface area contributed by atoms with Crippen LogP contribution in [0, 0.1) is 0 Å². The van der Waals surface area contributed by atoms with E-state index in [0.717, 1.165) is 16.0 Å². The lowest BCUT2D eigenvalue weighted by molar-refractivity contribution is -0.139. The number of thiazole rings is 1. The van der Waals surface area contributed by atoms with Crippen LogP contribution in [0.5, 0.6) is 11.5 Å². The molecular weight excluding hydrogens is 591 g/mol. The summed E-state index contributed by atoms with van der Waals surface area (Å²) in [7, 11) is 1.55. The van der Waals surface area contributed by atoms with Crippen LogP contribution in [0.1, 0.15) is 35.9 Å². The second-order valence-electron chi connectivity index (χ2n) is 8.75. The van der Waals surface area contributed by atoms with Crippen molar-refractivity contribution in [3.63, 3.8) is 0 Å². The second-order valence-corrected chi connectivity index (χ2v) is 11.6. The zero-order valence-corrected chi connectivity index (χ0v) is 24.9. The number of rotatable bonds is 8. The molecule has 4 aromatic rings. The van der Waals surface area contributed by atoms with Gasteiger partial charge in [0.05, 0.1) is 29.5 Å². The van der Waals surface area contributed by atoms with Crippen LogP contribution in [0.3, 0.4) is 0 Å². The molecule has 5 rings (SSSR count). The molecule has 2 aromatic heterocycles. The van der Waals surface area contributed by atoms with Crippen molar-refractivity contribution < 1.29 is 19.0 Å². The SMILES string of the molecule is CCOC(=O)C1=C(C)N=c2s/c(=C\c3ccc(OCc4ccc(Cl)cc4Cl)c(OC)c3)c(=O)n2[C@H]1c1cccs1. The van der Waals surface area contributed by atoms with Gasteiger partial charge in [-0.2, -0.15) is 0 Å². The van der Waals surface area contributed by atoms with E-state index in [1.54, 1.807) is 55.9 Å². The van der Waals surface area contributed by atoms with E-state index >= 15 is 0 Å². The van der Waals surface area contributed by atoms with Gasteiger partial charge in [0.1, 0.15) is 12.6 Å². The lowest BCUT2D eigenvalue weighted by Crippen LogP contribution is -2.39. The largest absolute Gasteiger partial charge is 0.493 e. The maximum atomic E-state index is 13.7. The molecule has 11 heteroatoms. The molecule has 1 atom stereocenters. The van der Waals surface area contributed by atoms with E-state index in [2.05, 4.69) is 4.99 Å². The number of ether oxygens (including phenoxy) is 3. The van der Waals surface area contributed by atoms with Crippen LogP contribution in [0.15, 0.2) is 75.0 Å². The van der Waals surface area contributed by atoms with Crippen LogP contribution in [-0.4, -0.2) is 24.3 Å². The maximum absolute atomic E-state index is 13.7. The predicted octanol–water partition coefficient (Wildman–Crippen LogP) is 5.75. The van der Waals surface area contributed by atoms with Gasteiger partial charge in [-0.25, -0.2) is 9.79 Å². The molecule has 3 heterocycles. The van der Waals surface area contributed by atoms with Crippen molar-refractivity contribution in [2.75, 3.05) is 13.7 Å². The number of halogens is 2. The zero-order chi connectivity index (χ0) is 28.4. The van der Waals surface area contributed by atoms with Gasteiger partial charge in [0.15, 0.2) is 16.3 Å². The number of nitrogens with zero attached hydrogens (tertiary/aromatic N) is 2. The topological polar surface area (TPSA) is 79.1 Å². The fraction of sp³-hybridized carbons (Fsp3) is 0.207. The Bertz CT molecular complexity index is 1790. The Hall–Kier alpha value is -3.37. The number of fused-ring (bicyclic) bond motifs is 1. The Morgan fingerprint density at radius 2 is 1.98 bits per heavy atom. The molecule has 0 spiro atoms. The van der Waals surface area contributed by atoms with Gasteiger partial charge in [0.25, 0.3) is 5.56 Å². The van der Waals surface area contributed by atoms with Gasteiger partial charge in [0.2, 0.25) is 0 Å². The summed E-state index contributed by atoms with van der Waals surface area (Å²) in [4.78, 5) is 32.6. The van der Waals surface area contributed by atoms with Crippen molar-refractivity contribution in [3.8, 4) is 11.5 Å². The van der Waals surface area contributed by atoms with Crippen molar-refractivity contribution in [3.05, 3.63) is 111 Å². The number of allylic oxidation sites excluding steroid dienone is 1. The van der Waals surface area contributed by atoms with Gasteiger partial charge >= 0.3 is 5.97 Å². The molecule has 7 nitrogen and oxygen atoms in total. The molecule has 0 saturated heterocycles. The highest BCUT2D eigenvalue weighted by molar-refractivity contribution is 7.10. The van der Waals surface area contributed by atoms with E-state index in [1.165, 1.54) is 22.7 Å². The highest BCUT2D eigenvalue weighted by atomic mass is 35.5. The van der Waals surface area contributed by atoms with Crippen molar-refractivity contribution in [2.24, 2.45) is 4.99 Å². The van der Waals surface area contributed by atoms with Crippen LogP contribution in [0.2, 0.25) is 10.0 Å². The lowest BCUT2D eigenvalue weighted by Gasteiger charge is -2.23. The summed E-state index contributed by atoms with van der Waals surface area (Å²) in [5, 5.41) is 2.98. The van der Waals surface area contributed by atoms with E-state index in [9.17, 15) is 9.59 Å². The minimum Gasteiger partial charge on any atom is -0.493 e. The van der Waals surface area contributed by atoms with E-state index in [0.29, 0.717) is 42.1 Å². The Balaban J connectivity index is 1.51. The van der Waals surface area contributed by atoms with Crippen LogP contribution in [0.4, 0.5) is 0 Å². The highest BCUT2D eigenvalue weighted by Gasteiger charge is 2.33. The summed E-state index contributed by atoms with van der Waals surface area (Å²) in [5.41, 5.74) is 2.19. The second kappa shape index (κ2) is 12.0. The molecule has 2 aromatic carbocycles. The number of esters is 1. The molecule has 206 valence electrons.